The van der Waals surface area contributed by atoms with E-state index in [9.17, 15) is 0 Å². The number of nitrogens with one attached hydrogen (secondary N) is 1. The first-order valence-electron chi connectivity index (χ1n) is 8.88. The highest BCUT2D eigenvalue weighted by Gasteiger charge is 2.30. The maximum atomic E-state index is 5.94. The predicted octanol–water partition coefficient (Wildman–Crippen LogP) is 4.52. The average molecular weight is 325 g/mol. The van der Waals surface area contributed by atoms with Crippen LogP contribution in [0.5, 0.6) is 11.5 Å². The van der Waals surface area contributed by atoms with Crippen molar-refractivity contribution in [3.63, 3.8) is 0 Å². The number of rotatable bonds is 8. The first-order chi connectivity index (χ1) is 11.8. The minimum Gasteiger partial charge on any atom is -0.493 e. The van der Waals surface area contributed by atoms with Crippen molar-refractivity contribution < 1.29 is 9.47 Å². The van der Waals surface area contributed by atoms with Crippen molar-refractivity contribution in [1.29, 1.82) is 0 Å². The lowest BCUT2D eigenvalue weighted by Crippen LogP contribution is -2.40. The van der Waals surface area contributed by atoms with Crippen LogP contribution in [0.3, 0.4) is 0 Å². The summed E-state index contributed by atoms with van der Waals surface area (Å²) in [6.07, 6.45) is 3.63. The molecule has 24 heavy (non-hydrogen) atoms. The van der Waals surface area contributed by atoms with Crippen molar-refractivity contribution in [2.24, 2.45) is 0 Å². The van der Waals surface area contributed by atoms with Crippen LogP contribution < -0.4 is 14.8 Å². The molecule has 0 bridgehead atoms. The van der Waals surface area contributed by atoms with Crippen LogP contribution >= 0.6 is 0 Å². The highest BCUT2D eigenvalue weighted by atomic mass is 16.5. The Morgan fingerprint density at radius 1 is 1.04 bits per heavy atom. The lowest BCUT2D eigenvalue weighted by atomic mass is 9.76. The van der Waals surface area contributed by atoms with E-state index in [-0.39, 0.29) is 0 Å². The van der Waals surface area contributed by atoms with Gasteiger partial charge < -0.3 is 14.8 Å². The molecule has 3 rings (SSSR count). The van der Waals surface area contributed by atoms with Gasteiger partial charge in [-0.05, 0) is 55.0 Å². The molecule has 3 heteroatoms. The summed E-state index contributed by atoms with van der Waals surface area (Å²) in [7, 11) is 1.71. The summed E-state index contributed by atoms with van der Waals surface area (Å²) in [6, 6.07) is 17.2. The van der Waals surface area contributed by atoms with E-state index in [1.807, 2.05) is 24.3 Å². The molecule has 1 aliphatic carbocycles. The number of hydrogen-bond acceptors (Lipinski definition) is 3. The second-order valence-electron chi connectivity index (χ2n) is 6.50. The molecule has 128 valence electrons. The molecule has 0 saturated heterocycles. The van der Waals surface area contributed by atoms with Crippen molar-refractivity contribution >= 4 is 0 Å². The lowest BCUT2D eigenvalue weighted by molar-refractivity contribution is 0.279. The van der Waals surface area contributed by atoms with Gasteiger partial charge in [0.25, 0.3) is 0 Å². The largest absolute Gasteiger partial charge is 0.493 e. The molecule has 1 fully saturated rings. The molecule has 0 atom stereocenters. The van der Waals surface area contributed by atoms with E-state index in [0.29, 0.717) is 18.6 Å². The molecule has 0 heterocycles. The molecule has 2 aromatic carbocycles. The number of methoxy groups -OCH3 is 1. The second kappa shape index (κ2) is 8.20. The molecule has 3 nitrogen and oxygen atoms in total. The Labute approximate surface area is 145 Å². The minimum atomic E-state index is 0.559. The van der Waals surface area contributed by atoms with E-state index < -0.39 is 0 Å². The Hall–Kier alpha value is -2.00. The summed E-state index contributed by atoms with van der Waals surface area (Å²) in [5.41, 5.74) is 2.51. The van der Waals surface area contributed by atoms with Crippen molar-refractivity contribution in [3.8, 4) is 11.5 Å². The van der Waals surface area contributed by atoms with E-state index >= 15 is 0 Å². The fourth-order valence-electron chi connectivity index (χ4n) is 3.20. The number of benzene rings is 2. The Kier molecular flexibility index (Phi) is 5.76. The summed E-state index contributed by atoms with van der Waals surface area (Å²) in [5.74, 6) is 2.27. The van der Waals surface area contributed by atoms with E-state index in [0.717, 1.165) is 23.6 Å². The van der Waals surface area contributed by atoms with Gasteiger partial charge in [-0.25, -0.2) is 0 Å². The summed E-state index contributed by atoms with van der Waals surface area (Å²) in [6.45, 7) is 3.89. The van der Waals surface area contributed by atoms with Crippen LogP contribution in [0.1, 0.15) is 43.2 Å². The molecule has 0 radical (unpaired) electrons. The van der Waals surface area contributed by atoms with E-state index in [2.05, 4.69) is 36.5 Å². The van der Waals surface area contributed by atoms with E-state index in [1.165, 1.54) is 24.8 Å². The first-order valence-corrected chi connectivity index (χ1v) is 8.88. The minimum absolute atomic E-state index is 0.559. The summed E-state index contributed by atoms with van der Waals surface area (Å²) >= 11 is 0. The van der Waals surface area contributed by atoms with Gasteiger partial charge in [-0.2, -0.15) is 0 Å². The SMILES string of the molecule is CCCNC1CC(c2ccc(OCc3ccccc3)c(OC)c2)C1. The molecule has 0 amide bonds. The topological polar surface area (TPSA) is 30.5 Å². The van der Waals surface area contributed by atoms with Gasteiger partial charge in [0.05, 0.1) is 7.11 Å². The smallest absolute Gasteiger partial charge is 0.161 e. The van der Waals surface area contributed by atoms with Gasteiger partial charge in [-0.3, -0.25) is 0 Å². The molecular weight excluding hydrogens is 298 g/mol. The van der Waals surface area contributed by atoms with Crippen molar-refractivity contribution in [2.75, 3.05) is 13.7 Å². The van der Waals surface area contributed by atoms with Crippen LogP contribution in [-0.2, 0) is 6.61 Å². The third-order valence-corrected chi connectivity index (χ3v) is 4.72. The van der Waals surface area contributed by atoms with Crippen LogP contribution in [0, 0.1) is 0 Å². The van der Waals surface area contributed by atoms with Crippen LogP contribution in [0.4, 0.5) is 0 Å². The van der Waals surface area contributed by atoms with Gasteiger partial charge in [0.15, 0.2) is 11.5 Å². The Bertz CT molecular complexity index is 636. The Morgan fingerprint density at radius 2 is 1.83 bits per heavy atom. The Morgan fingerprint density at radius 3 is 2.54 bits per heavy atom. The maximum Gasteiger partial charge on any atom is 0.161 e. The summed E-state index contributed by atoms with van der Waals surface area (Å²) in [5, 5.41) is 3.59. The van der Waals surface area contributed by atoms with Crippen molar-refractivity contribution in [1.82, 2.24) is 5.32 Å². The molecular formula is C21H27NO2. The van der Waals surface area contributed by atoms with Crippen LogP contribution in [0.15, 0.2) is 48.5 Å². The zero-order valence-corrected chi connectivity index (χ0v) is 14.6. The molecule has 1 N–H and O–H groups in total. The molecule has 1 aliphatic rings. The van der Waals surface area contributed by atoms with Crippen LogP contribution in [0.2, 0.25) is 0 Å². The maximum absolute atomic E-state index is 5.94. The molecule has 1 saturated carbocycles. The fraction of sp³-hybridized carbons (Fsp3) is 0.429. The fourth-order valence-corrected chi connectivity index (χ4v) is 3.20. The quantitative estimate of drug-likeness (QED) is 0.774. The lowest BCUT2D eigenvalue weighted by Gasteiger charge is -2.36. The molecule has 0 spiro atoms. The molecule has 0 aromatic heterocycles. The highest BCUT2D eigenvalue weighted by molar-refractivity contribution is 5.44. The number of hydrogen-bond donors (Lipinski definition) is 1. The van der Waals surface area contributed by atoms with E-state index in [4.69, 9.17) is 9.47 Å². The van der Waals surface area contributed by atoms with Crippen molar-refractivity contribution in [3.05, 3.63) is 59.7 Å². The third-order valence-electron chi connectivity index (χ3n) is 4.72. The Balaban J connectivity index is 1.59. The third kappa shape index (κ3) is 4.09. The molecule has 0 aliphatic heterocycles. The van der Waals surface area contributed by atoms with Crippen LogP contribution in [0.25, 0.3) is 0 Å². The van der Waals surface area contributed by atoms with Gasteiger partial charge in [0.2, 0.25) is 0 Å². The second-order valence-corrected chi connectivity index (χ2v) is 6.50. The summed E-state index contributed by atoms with van der Waals surface area (Å²) in [4.78, 5) is 0. The highest BCUT2D eigenvalue weighted by Crippen LogP contribution is 2.40. The first kappa shape index (κ1) is 16.8. The zero-order valence-electron chi connectivity index (χ0n) is 14.6. The van der Waals surface area contributed by atoms with Gasteiger partial charge in [0.1, 0.15) is 6.61 Å². The van der Waals surface area contributed by atoms with Gasteiger partial charge in [-0.1, -0.05) is 43.3 Å². The standard InChI is InChI=1S/C21H27NO2/c1-3-11-22-19-12-18(13-19)17-9-10-20(21(14-17)23-2)24-15-16-7-5-4-6-8-16/h4-10,14,18-19,22H,3,11-13,15H2,1-2H3. The number of ether oxygens (including phenoxy) is 2. The van der Waals surface area contributed by atoms with Gasteiger partial charge in [0, 0.05) is 6.04 Å². The average Bonchev–Trinajstić information content (AvgIpc) is 2.60. The molecule has 0 unspecified atom stereocenters. The molecule has 2 aromatic rings. The monoisotopic (exact) mass is 325 g/mol. The van der Waals surface area contributed by atoms with Crippen molar-refractivity contribution in [2.45, 2.75) is 44.8 Å². The zero-order chi connectivity index (χ0) is 16.8. The van der Waals surface area contributed by atoms with E-state index in [1.54, 1.807) is 7.11 Å². The normalized spacial score (nSPS) is 19.6. The van der Waals surface area contributed by atoms with Gasteiger partial charge >= 0.3 is 0 Å². The predicted molar refractivity (Wildman–Crippen MR) is 97.8 cm³/mol. The van der Waals surface area contributed by atoms with Crippen LogP contribution in [-0.4, -0.2) is 19.7 Å². The van der Waals surface area contributed by atoms with Gasteiger partial charge in [-0.15, -0.1) is 0 Å². The summed E-state index contributed by atoms with van der Waals surface area (Å²) < 4.78 is 11.5.